The molecular weight excluding hydrogens is 204 g/mol. The lowest BCUT2D eigenvalue weighted by Crippen LogP contribution is -2.50. The summed E-state index contributed by atoms with van der Waals surface area (Å²) in [6, 6.07) is 0. The van der Waals surface area contributed by atoms with E-state index in [1.165, 1.54) is 0 Å². The highest BCUT2D eigenvalue weighted by Crippen LogP contribution is 2.31. The van der Waals surface area contributed by atoms with Gasteiger partial charge in [0.2, 0.25) is 5.91 Å². The van der Waals surface area contributed by atoms with Crippen molar-refractivity contribution in [3.05, 3.63) is 0 Å². The van der Waals surface area contributed by atoms with Gasteiger partial charge in [-0.25, -0.2) is 0 Å². The van der Waals surface area contributed by atoms with Crippen molar-refractivity contribution in [1.82, 2.24) is 10.2 Å². The predicted molar refractivity (Wildman–Crippen MR) is 62.9 cm³/mol. The van der Waals surface area contributed by atoms with Crippen molar-refractivity contribution in [3.8, 4) is 12.3 Å². The molecule has 0 aromatic heterocycles. The molecule has 0 spiro atoms. The average molecular weight is 224 g/mol. The molecule has 16 heavy (non-hydrogen) atoms. The molecule has 1 amide bonds. The molecule has 0 aromatic carbocycles. The second-order valence-electron chi connectivity index (χ2n) is 4.33. The second kappa shape index (κ2) is 5.88. The van der Waals surface area contributed by atoms with Gasteiger partial charge in [0.15, 0.2) is 0 Å². The van der Waals surface area contributed by atoms with Gasteiger partial charge in [-0.15, -0.1) is 6.42 Å². The zero-order valence-corrected chi connectivity index (χ0v) is 10.1. The Balaban J connectivity index is 2.75. The minimum absolute atomic E-state index is 0.105. The van der Waals surface area contributed by atoms with Crippen LogP contribution in [-0.4, -0.2) is 51.2 Å². The number of ether oxygens (including phenoxy) is 1. The molecule has 0 aliphatic carbocycles. The number of rotatable bonds is 4. The molecule has 90 valence electrons. The van der Waals surface area contributed by atoms with E-state index in [0.717, 1.165) is 25.9 Å². The first-order chi connectivity index (χ1) is 7.66. The predicted octanol–water partition coefficient (Wildman–Crippen LogP) is 0.0942. The molecule has 0 unspecified atom stereocenters. The molecule has 1 N–H and O–H groups in total. The molecule has 0 bridgehead atoms. The smallest absolute Gasteiger partial charge is 0.231 e. The van der Waals surface area contributed by atoms with Gasteiger partial charge >= 0.3 is 0 Å². The normalized spacial score (nSPS) is 18.8. The summed E-state index contributed by atoms with van der Waals surface area (Å²) in [6.45, 7) is 2.55. The van der Waals surface area contributed by atoms with Gasteiger partial charge in [0.25, 0.3) is 0 Å². The maximum atomic E-state index is 12.3. The van der Waals surface area contributed by atoms with Crippen molar-refractivity contribution < 1.29 is 9.53 Å². The Labute approximate surface area is 97.3 Å². The fraction of sp³-hybridized carbons (Fsp3) is 0.750. The third kappa shape index (κ3) is 2.75. The molecule has 4 nitrogen and oxygen atoms in total. The molecule has 1 aliphatic heterocycles. The summed E-state index contributed by atoms with van der Waals surface area (Å²) in [7, 11) is 3.39. The maximum Gasteiger partial charge on any atom is 0.231 e. The minimum atomic E-state index is -0.383. The molecule has 0 radical (unpaired) electrons. The molecule has 1 saturated heterocycles. The lowest BCUT2D eigenvalue weighted by atomic mass is 9.78. The van der Waals surface area contributed by atoms with Crippen LogP contribution in [0.5, 0.6) is 0 Å². The zero-order chi connectivity index (χ0) is 12.0. The number of hydrogen-bond acceptors (Lipinski definition) is 3. The second-order valence-corrected chi connectivity index (χ2v) is 4.33. The average Bonchev–Trinajstić information content (AvgIpc) is 2.30. The molecule has 1 aliphatic rings. The Morgan fingerprint density at radius 1 is 1.56 bits per heavy atom. The van der Waals surface area contributed by atoms with Crippen LogP contribution in [0.4, 0.5) is 0 Å². The third-order valence-corrected chi connectivity index (χ3v) is 3.11. The quantitative estimate of drug-likeness (QED) is 0.688. The highest BCUT2D eigenvalue weighted by Gasteiger charge is 2.41. The van der Waals surface area contributed by atoms with E-state index in [4.69, 9.17) is 11.2 Å². The van der Waals surface area contributed by atoms with E-state index in [0.29, 0.717) is 13.2 Å². The first kappa shape index (κ1) is 13.0. The topological polar surface area (TPSA) is 41.6 Å². The molecule has 0 saturated carbocycles. The van der Waals surface area contributed by atoms with E-state index >= 15 is 0 Å². The number of piperidine rings is 1. The Morgan fingerprint density at radius 3 is 2.69 bits per heavy atom. The SMILES string of the molecule is C#CCN(C)C(=O)C1(COC)CCNCC1. The van der Waals surface area contributed by atoms with E-state index in [9.17, 15) is 4.79 Å². The minimum Gasteiger partial charge on any atom is -0.384 e. The molecule has 1 heterocycles. The first-order valence-electron chi connectivity index (χ1n) is 5.55. The van der Waals surface area contributed by atoms with Crippen LogP contribution in [0.2, 0.25) is 0 Å². The van der Waals surface area contributed by atoms with Crippen LogP contribution in [0.1, 0.15) is 12.8 Å². The number of hydrogen-bond donors (Lipinski definition) is 1. The number of nitrogens with one attached hydrogen (secondary N) is 1. The Morgan fingerprint density at radius 2 is 2.19 bits per heavy atom. The van der Waals surface area contributed by atoms with Gasteiger partial charge in [-0.3, -0.25) is 4.79 Å². The summed E-state index contributed by atoms with van der Waals surface area (Å²) in [5, 5.41) is 3.26. The molecule has 0 atom stereocenters. The van der Waals surface area contributed by atoms with E-state index in [2.05, 4.69) is 11.2 Å². The highest BCUT2D eigenvalue weighted by molar-refractivity contribution is 5.83. The van der Waals surface area contributed by atoms with Crippen LogP contribution in [0, 0.1) is 17.8 Å². The first-order valence-corrected chi connectivity index (χ1v) is 5.55. The summed E-state index contributed by atoms with van der Waals surface area (Å²) in [5.41, 5.74) is -0.383. The van der Waals surface area contributed by atoms with Crippen molar-refractivity contribution >= 4 is 5.91 Å². The van der Waals surface area contributed by atoms with Crippen LogP contribution in [0.15, 0.2) is 0 Å². The van der Waals surface area contributed by atoms with Gasteiger partial charge in [0, 0.05) is 14.2 Å². The molecule has 0 aromatic rings. The number of nitrogens with zero attached hydrogens (tertiary/aromatic N) is 1. The van der Waals surface area contributed by atoms with Gasteiger partial charge in [0.1, 0.15) is 0 Å². The highest BCUT2D eigenvalue weighted by atomic mass is 16.5. The fourth-order valence-electron chi connectivity index (χ4n) is 2.22. The van der Waals surface area contributed by atoms with Crippen LogP contribution < -0.4 is 5.32 Å². The van der Waals surface area contributed by atoms with Crippen LogP contribution >= 0.6 is 0 Å². The largest absolute Gasteiger partial charge is 0.384 e. The molecule has 1 rings (SSSR count). The van der Waals surface area contributed by atoms with Crippen molar-refractivity contribution in [1.29, 1.82) is 0 Å². The summed E-state index contributed by atoms with van der Waals surface area (Å²) >= 11 is 0. The van der Waals surface area contributed by atoms with Crippen molar-refractivity contribution in [2.24, 2.45) is 5.41 Å². The van der Waals surface area contributed by atoms with E-state index in [1.54, 1.807) is 19.1 Å². The van der Waals surface area contributed by atoms with Gasteiger partial charge < -0.3 is 15.0 Å². The van der Waals surface area contributed by atoms with Crippen molar-refractivity contribution in [2.75, 3.05) is 40.4 Å². The number of carbonyl (C=O) groups excluding carboxylic acids is 1. The fourth-order valence-corrected chi connectivity index (χ4v) is 2.22. The molecule has 4 heteroatoms. The number of carbonyl (C=O) groups is 1. The van der Waals surface area contributed by atoms with Crippen molar-refractivity contribution in [2.45, 2.75) is 12.8 Å². The Kier molecular flexibility index (Phi) is 4.78. The van der Waals surface area contributed by atoms with Crippen LogP contribution in [0.3, 0.4) is 0 Å². The van der Waals surface area contributed by atoms with Crippen LogP contribution in [-0.2, 0) is 9.53 Å². The summed E-state index contributed by atoms with van der Waals surface area (Å²) in [4.78, 5) is 13.9. The van der Waals surface area contributed by atoms with E-state index < -0.39 is 0 Å². The van der Waals surface area contributed by atoms with Crippen molar-refractivity contribution in [3.63, 3.8) is 0 Å². The van der Waals surface area contributed by atoms with Crippen LogP contribution in [0.25, 0.3) is 0 Å². The van der Waals surface area contributed by atoms with Gasteiger partial charge in [-0.05, 0) is 25.9 Å². The number of terminal acetylenes is 1. The zero-order valence-electron chi connectivity index (χ0n) is 10.1. The lowest BCUT2D eigenvalue weighted by Gasteiger charge is -2.37. The summed E-state index contributed by atoms with van der Waals surface area (Å²) in [6.07, 6.45) is 6.85. The number of amides is 1. The molecular formula is C12H20N2O2. The number of methoxy groups -OCH3 is 1. The third-order valence-electron chi connectivity index (χ3n) is 3.11. The van der Waals surface area contributed by atoms with Gasteiger partial charge in [-0.2, -0.15) is 0 Å². The summed E-state index contributed by atoms with van der Waals surface area (Å²) in [5.74, 6) is 2.60. The lowest BCUT2D eigenvalue weighted by molar-refractivity contribution is -0.145. The van der Waals surface area contributed by atoms with E-state index in [1.807, 2.05) is 0 Å². The summed E-state index contributed by atoms with van der Waals surface area (Å²) < 4.78 is 5.21. The molecule has 1 fully saturated rings. The Bertz CT molecular complexity index is 272. The Hall–Kier alpha value is -1.05. The van der Waals surface area contributed by atoms with E-state index in [-0.39, 0.29) is 11.3 Å². The van der Waals surface area contributed by atoms with Gasteiger partial charge in [0.05, 0.1) is 18.6 Å². The monoisotopic (exact) mass is 224 g/mol. The maximum absolute atomic E-state index is 12.3. The van der Waals surface area contributed by atoms with Gasteiger partial charge in [-0.1, -0.05) is 5.92 Å². The standard InChI is InChI=1S/C12H20N2O2/c1-4-9-14(2)11(15)12(10-16-3)5-7-13-8-6-12/h1,13H,5-10H2,2-3H3.